The summed E-state index contributed by atoms with van der Waals surface area (Å²) in [6, 6.07) is 0.432. The molecule has 1 N–H and O–H groups in total. The number of nitrogens with zero attached hydrogens (tertiary/aromatic N) is 3. The third-order valence-corrected chi connectivity index (χ3v) is 6.00. The molecule has 7 heteroatoms. The van der Waals surface area contributed by atoms with E-state index in [4.69, 9.17) is 0 Å². The molecule has 1 atom stereocenters. The normalized spacial score (nSPS) is 17.5. The molecule has 118 valence electrons. The minimum atomic E-state index is -0.107. The van der Waals surface area contributed by atoms with Crippen LogP contribution in [0.2, 0.25) is 0 Å². The van der Waals surface area contributed by atoms with E-state index in [1.165, 1.54) is 42.4 Å². The van der Waals surface area contributed by atoms with Gasteiger partial charge in [0.25, 0.3) is 0 Å². The smallest absolute Gasteiger partial charge is 0.236 e. The van der Waals surface area contributed by atoms with Gasteiger partial charge in [-0.25, -0.2) is 0 Å². The van der Waals surface area contributed by atoms with Gasteiger partial charge in [-0.2, -0.15) is 0 Å². The number of carbonyl (C=O) groups excluding carboxylic acids is 1. The first-order chi connectivity index (χ1) is 10.2. The molecule has 21 heavy (non-hydrogen) atoms. The summed E-state index contributed by atoms with van der Waals surface area (Å²) in [5.74, 6) is 0.232. The second-order valence-electron chi connectivity index (χ2n) is 5.30. The van der Waals surface area contributed by atoms with Crippen LogP contribution >= 0.6 is 23.1 Å². The summed E-state index contributed by atoms with van der Waals surface area (Å²) in [6.45, 7) is 4.85. The average molecular weight is 329 g/mol. The molecule has 1 aromatic heterocycles. The Morgan fingerprint density at radius 2 is 2.14 bits per heavy atom. The zero-order valence-corrected chi connectivity index (χ0v) is 14.6. The first-order valence-electron chi connectivity index (χ1n) is 7.64. The fraction of sp³-hybridized carbons (Fsp3) is 0.786. The van der Waals surface area contributed by atoms with Crippen LogP contribution in [0.25, 0.3) is 0 Å². The van der Waals surface area contributed by atoms with Crippen molar-refractivity contribution >= 4 is 34.1 Å². The van der Waals surface area contributed by atoms with E-state index in [-0.39, 0.29) is 11.2 Å². The molecule has 5 nitrogen and oxygen atoms in total. The molecule has 1 aliphatic carbocycles. The van der Waals surface area contributed by atoms with Crippen LogP contribution < -0.4 is 5.32 Å². The summed E-state index contributed by atoms with van der Waals surface area (Å²) in [6.07, 6.45) is 6.11. The molecule has 1 saturated carbocycles. The maximum atomic E-state index is 12.7. The molecule has 1 aromatic rings. The molecule has 0 radical (unpaired) electrons. The molecule has 0 bridgehead atoms. The maximum Gasteiger partial charge on any atom is 0.236 e. The lowest BCUT2D eigenvalue weighted by Gasteiger charge is -2.35. The summed E-state index contributed by atoms with van der Waals surface area (Å²) in [5, 5.41) is 11.8. The van der Waals surface area contributed by atoms with Crippen LogP contribution in [-0.4, -0.2) is 45.9 Å². The summed E-state index contributed by atoms with van der Waals surface area (Å²) in [4.78, 5) is 14.8. The molecular weight excluding hydrogens is 304 g/mol. The highest BCUT2D eigenvalue weighted by molar-refractivity contribution is 8.02. The Balaban J connectivity index is 1.95. The van der Waals surface area contributed by atoms with Crippen LogP contribution in [0.4, 0.5) is 5.13 Å². The van der Waals surface area contributed by atoms with Crippen molar-refractivity contribution in [3.8, 4) is 0 Å². The summed E-state index contributed by atoms with van der Waals surface area (Å²) in [7, 11) is 1.82. The van der Waals surface area contributed by atoms with Gasteiger partial charge in [-0.05, 0) is 26.7 Å². The van der Waals surface area contributed by atoms with Crippen LogP contribution in [0.15, 0.2) is 4.34 Å². The number of hydrogen-bond donors (Lipinski definition) is 1. The molecule has 0 saturated heterocycles. The average Bonchev–Trinajstić information content (AvgIpc) is 2.96. The van der Waals surface area contributed by atoms with Gasteiger partial charge in [0.05, 0.1) is 5.25 Å². The number of aromatic nitrogens is 2. The number of rotatable bonds is 6. The van der Waals surface area contributed by atoms with Gasteiger partial charge in [0.15, 0.2) is 4.34 Å². The number of amides is 1. The van der Waals surface area contributed by atoms with E-state index in [0.29, 0.717) is 6.04 Å². The fourth-order valence-electron chi connectivity index (χ4n) is 2.78. The van der Waals surface area contributed by atoms with Crippen LogP contribution in [0.5, 0.6) is 0 Å². The predicted molar refractivity (Wildman–Crippen MR) is 89.0 cm³/mol. The molecule has 1 aliphatic rings. The molecule has 0 aliphatic heterocycles. The highest BCUT2D eigenvalue weighted by Crippen LogP contribution is 2.31. The zero-order valence-electron chi connectivity index (χ0n) is 13.0. The largest absolute Gasteiger partial charge is 0.363 e. The minimum absolute atomic E-state index is 0.107. The lowest BCUT2D eigenvalue weighted by atomic mass is 9.94. The quantitative estimate of drug-likeness (QED) is 0.812. The monoisotopic (exact) mass is 328 g/mol. The van der Waals surface area contributed by atoms with Gasteiger partial charge in [-0.15, -0.1) is 10.2 Å². The predicted octanol–water partition coefficient (Wildman–Crippen LogP) is 3.24. The third kappa shape index (κ3) is 4.32. The van der Waals surface area contributed by atoms with E-state index in [0.717, 1.165) is 28.9 Å². The molecule has 0 spiro atoms. The first-order valence-corrected chi connectivity index (χ1v) is 9.33. The van der Waals surface area contributed by atoms with Crippen molar-refractivity contribution in [3.05, 3.63) is 0 Å². The Kier molecular flexibility index (Phi) is 6.29. The van der Waals surface area contributed by atoms with Gasteiger partial charge in [0, 0.05) is 19.6 Å². The Labute approximate surface area is 134 Å². The Hall–Kier alpha value is -0.820. The molecule has 1 fully saturated rings. The third-order valence-electron chi connectivity index (χ3n) is 3.88. The molecular formula is C14H24N4OS2. The van der Waals surface area contributed by atoms with E-state index in [2.05, 4.69) is 27.3 Å². The van der Waals surface area contributed by atoms with Gasteiger partial charge in [-0.1, -0.05) is 42.4 Å². The second-order valence-corrected chi connectivity index (χ2v) is 7.86. The minimum Gasteiger partial charge on any atom is -0.363 e. The van der Waals surface area contributed by atoms with Crippen molar-refractivity contribution in [2.24, 2.45) is 0 Å². The fourth-order valence-corrected chi connectivity index (χ4v) is 4.70. The summed E-state index contributed by atoms with van der Waals surface area (Å²) < 4.78 is 0.847. The molecule has 1 unspecified atom stereocenters. The lowest BCUT2D eigenvalue weighted by molar-refractivity contribution is -0.133. The van der Waals surface area contributed by atoms with Crippen molar-refractivity contribution in [2.45, 2.75) is 61.6 Å². The SMILES string of the molecule is CCN(C(=O)C(C)Sc1nnc(NC)s1)C1CCCCC1. The molecule has 1 amide bonds. The Morgan fingerprint density at radius 3 is 2.71 bits per heavy atom. The topological polar surface area (TPSA) is 58.1 Å². The number of nitrogens with one attached hydrogen (secondary N) is 1. The molecule has 2 rings (SSSR count). The second kappa shape index (κ2) is 7.98. The van der Waals surface area contributed by atoms with Gasteiger partial charge >= 0.3 is 0 Å². The van der Waals surface area contributed by atoms with Crippen molar-refractivity contribution in [1.82, 2.24) is 15.1 Å². The maximum absolute atomic E-state index is 12.7. The highest BCUT2D eigenvalue weighted by Gasteiger charge is 2.28. The zero-order chi connectivity index (χ0) is 15.2. The Morgan fingerprint density at radius 1 is 1.43 bits per heavy atom. The van der Waals surface area contributed by atoms with Crippen LogP contribution in [0.1, 0.15) is 46.0 Å². The van der Waals surface area contributed by atoms with Crippen LogP contribution in [0.3, 0.4) is 0 Å². The summed E-state index contributed by atoms with van der Waals surface area (Å²) in [5.41, 5.74) is 0. The first kappa shape index (κ1) is 16.5. The highest BCUT2D eigenvalue weighted by atomic mass is 32.2. The van der Waals surface area contributed by atoms with Crippen LogP contribution in [-0.2, 0) is 4.79 Å². The summed E-state index contributed by atoms with van der Waals surface area (Å²) >= 11 is 3.00. The van der Waals surface area contributed by atoms with Crippen molar-refractivity contribution in [2.75, 3.05) is 18.9 Å². The number of thioether (sulfide) groups is 1. The van der Waals surface area contributed by atoms with Gasteiger partial charge in [0.1, 0.15) is 0 Å². The van der Waals surface area contributed by atoms with E-state index in [9.17, 15) is 4.79 Å². The number of anilines is 1. The van der Waals surface area contributed by atoms with Crippen molar-refractivity contribution in [1.29, 1.82) is 0 Å². The van der Waals surface area contributed by atoms with Crippen molar-refractivity contribution in [3.63, 3.8) is 0 Å². The van der Waals surface area contributed by atoms with E-state index >= 15 is 0 Å². The van der Waals surface area contributed by atoms with Gasteiger partial charge in [-0.3, -0.25) is 4.79 Å². The lowest BCUT2D eigenvalue weighted by Crippen LogP contribution is -2.44. The van der Waals surface area contributed by atoms with Gasteiger partial charge in [0.2, 0.25) is 11.0 Å². The number of carbonyl (C=O) groups is 1. The van der Waals surface area contributed by atoms with Crippen LogP contribution in [0, 0.1) is 0 Å². The van der Waals surface area contributed by atoms with E-state index < -0.39 is 0 Å². The molecule has 1 heterocycles. The number of hydrogen-bond acceptors (Lipinski definition) is 6. The molecule has 0 aromatic carbocycles. The van der Waals surface area contributed by atoms with Gasteiger partial charge < -0.3 is 10.2 Å². The van der Waals surface area contributed by atoms with Crippen molar-refractivity contribution < 1.29 is 4.79 Å². The standard InChI is InChI=1S/C14H24N4OS2/c1-4-18(11-8-6-5-7-9-11)12(19)10(2)20-14-17-16-13(15-3)21-14/h10-11H,4-9H2,1-3H3,(H,15,16). The van der Waals surface area contributed by atoms with E-state index in [1.807, 2.05) is 14.0 Å². The Bertz CT molecular complexity index is 460. The van der Waals surface area contributed by atoms with E-state index in [1.54, 1.807) is 0 Å².